The fraction of sp³-hybridized carbons (Fsp3) is 0.214. The summed E-state index contributed by atoms with van der Waals surface area (Å²) in [6.45, 7) is 3.66. The van der Waals surface area contributed by atoms with Gasteiger partial charge in [-0.3, -0.25) is 4.79 Å². The Morgan fingerprint density at radius 3 is 2.63 bits per heavy atom. The van der Waals surface area contributed by atoms with Crippen LogP contribution in [-0.4, -0.2) is 21.9 Å². The molecule has 19 heavy (non-hydrogen) atoms. The van der Waals surface area contributed by atoms with E-state index in [0.717, 1.165) is 11.4 Å². The van der Waals surface area contributed by atoms with Crippen LogP contribution in [0.3, 0.4) is 0 Å². The van der Waals surface area contributed by atoms with Crippen LogP contribution in [0.5, 0.6) is 0 Å². The van der Waals surface area contributed by atoms with E-state index in [1.165, 1.54) is 6.33 Å². The smallest absolute Gasteiger partial charge is 0.246 e. The average molecular weight is 256 g/mol. The zero-order valence-electron chi connectivity index (χ0n) is 10.9. The van der Waals surface area contributed by atoms with E-state index < -0.39 is 0 Å². The van der Waals surface area contributed by atoms with Gasteiger partial charge in [0, 0.05) is 17.4 Å². The van der Waals surface area contributed by atoms with Gasteiger partial charge in [-0.1, -0.05) is 18.2 Å². The first-order valence-corrected chi connectivity index (χ1v) is 6.06. The quantitative estimate of drug-likeness (QED) is 0.880. The maximum Gasteiger partial charge on any atom is 0.246 e. The van der Waals surface area contributed by atoms with Crippen molar-refractivity contribution in [3.8, 4) is 0 Å². The Kier molecular flexibility index (Phi) is 4.07. The lowest BCUT2D eigenvalue weighted by atomic mass is 10.2. The molecule has 0 bridgehead atoms. The SMILES string of the molecule is Cc1cc(NC(C)C(=O)Nc2ccccc2)ncn1. The highest BCUT2D eigenvalue weighted by Crippen LogP contribution is 2.08. The van der Waals surface area contributed by atoms with Crippen LogP contribution >= 0.6 is 0 Å². The predicted molar refractivity (Wildman–Crippen MR) is 74.9 cm³/mol. The van der Waals surface area contributed by atoms with E-state index in [1.807, 2.05) is 37.3 Å². The summed E-state index contributed by atoms with van der Waals surface area (Å²) in [5.41, 5.74) is 1.63. The number of carbonyl (C=O) groups is 1. The third kappa shape index (κ3) is 3.77. The van der Waals surface area contributed by atoms with Crippen molar-refractivity contribution in [1.82, 2.24) is 9.97 Å². The summed E-state index contributed by atoms with van der Waals surface area (Å²) in [6, 6.07) is 10.8. The van der Waals surface area contributed by atoms with Crippen molar-refractivity contribution >= 4 is 17.4 Å². The van der Waals surface area contributed by atoms with Crippen molar-refractivity contribution in [2.24, 2.45) is 0 Å². The van der Waals surface area contributed by atoms with E-state index in [1.54, 1.807) is 13.0 Å². The summed E-state index contributed by atoms with van der Waals surface area (Å²) in [6.07, 6.45) is 1.47. The molecule has 0 spiro atoms. The number of hydrogen-bond acceptors (Lipinski definition) is 4. The summed E-state index contributed by atoms with van der Waals surface area (Å²) in [7, 11) is 0. The second kappa shape index (κ2) is 5.95. The molecule has 5 heteroatoms. The number of benzene rings is 1. The molecule has 5 nitrogen and oxygen atoms in total. The minimum absolute atomic E-state index is 0.109. The molecule has 0 radical (unpaired) electrons. The Balaban J connectivity index is 1.96. The third-order valence-electron chi connectivity index (χ3n) is 2.60. The standard InChI is InChI=1S/C14H16N4O/c1-10-8-13(16-9-15-10)17-11(2)14(19)18-12-6-4-3-5-7-12/h3-9,11H,1-2H3,(H,18,19)(H,15,16,17). The van der Waals surface area contributed by atoms with Gasteiger partial charge in [0.1, 0.15) is 18.2 Å². The number of nitrogens with zero attached hydrogens (tertiary/aromatic N) is 2. The number of carbonyl (C=O) groups excluding carboxylic acids is 1. The van der Waals surface area contributed by atoms with Gasteiger partial charge in [0.2, 0.25) is 5.91 Å². The molecule has 1 unspecified atom stereocenters. The average Bonchev–Trinajstić information content (AvgIpc) is 2.40. The fourth-order valence-corrected chi connectivity index (χ4v) is 1.59. The number of rotatable bonds is 4. The molecule has 2 aromatic rings. The van der Waals surface area contributed by atoms with Crippen molar-refractivity contribution in [2.45, 2.75) is 19.9 Å². The Labute approximate surface area is 112 Å². The molecule has 0 aliphatic carbocycles. The summed E-state index contributed by atoms with van der Waals surface area (Å²) >= 11 is 0. The van der Waals surface area contributed by atoms with Crippen molar-refractivity contribution in [3.63, 3.8) is 0 Å². The number of para-hydroxylation sites is 1. The van der Waals surface area contributed by atoms with Gasteiger partial charge in [-0.05, 0) is 26.0 Å². The molecule has 1 aromatic carbocycles. The van der Waals surface area contributed by atoms with Gasteiger partial charge in [-0.2, -0.15) is 0 Å². The molecule has 2 rings (SSSR count). The number of hydrogen-bond donors (Lipinski definition) is 2. The fourth-order valence-electron chi connectivity index (χ4n) is 1.59. The minimum Gasteiger partial charge on any atom is -0.359 e. The van der Waals surface area contributed by atoms with Crippen LogP contribution in [0.15, 0.2) is 42.7 Å². The molecular weight excluding hydrogens is 240 g/mol. The van der Waals surface area contributed by atoms with Crippen LogP contribution in [0, 0.1) is 6.92 Å². The lowest BCUT2D eigenvalue weighted by molar-refractivity contribution is -0.116. The zero-order chi connectivity index (χ0) is 13.7. The molecule has 1 heterocycles. The molecule has 1 amide bonds. The van der Waals surface area contributed by atoms with Crippen LogP contribution in [0.2, 0.25) is 0 Å². The van der Waals surface area contributed by atoms with Gasteiger partial charge < -0.3 is 10.6 Å². The maximum atomic E-state index is 12.0. The molecule has 98 valence electrons. The number of amides is 1. The number of aromatic nitrogens is 2. The van der Waals surface area contributed by atoms with Crippen LogP contribution in [0.1, 0.15) is 12.6 Å². The van der Waals surface area contributed by atoms with E-state index in [2.05, 4.69) is 20.6 Å². The van der Waals surface area contributed by atoms with E-state index in [0.29, 0.717) is 5.82 Å². The number of aryl methyl sites for hydroxylation is 1. The molecular formula is C14H16N4O. The zero-order valence-corrected chi connectivity index (χ0v) is 10.9. The molecule has 0 fully saturated rings. The van der Waals surface area contributed by atoms with Gasteiger partial charge in [0.25, 0.3) is 0 Å². The van der Waals surface area contributed by atoms with Gasteiger partial charge in [0.05, 0.1) is 0 Å². The molecule has 2 N–H and O–H groups in total. The van der Waals surface area contributed by atoms with Crippen molar-refractivity contribution in [2.75, 3.05) is 10.6 Å². The van der Waals surface area contributed by atoms with Crippen molar-refractivity contribution in [3.05, 3.63) is 48.4 Å². The topological polar surface area (TPSA) is 66.9 Å². The second-order valence-electron chi connectivity index (χ2n) is 4.27. The van der Waals surface area contributed by atoms with Crippen LogP contribution in [0.4, 0.5) is 11.5 Å². The summed E-state index contributed by atoms with van der Waals surface area (Å²) < 4.78 is 0. The highest BCUT2D eigenvalue weighted by molar-refractivity contribution is 5.96. The minimum atomic E-state index is -0.380. The van der Waals surface area contributed by atoms with Crippen molar-refractivity contribution < 1.29 is 4.79 Å². The van der Waals surface area contributed by atoms with Gasteiger partial charge in [-0.15, -0.1) is 0 Å². The highest BCUT2D eigenvalue weighted by atomic mass is 16.2. The Bertz CT molecular complexity index is 556. The Morgan fingerprint density at radius 1 is 1.21 bits per heavy atom. The first-order chi connectivity index (χ1) is 9.15. The van der Waals surface area contributed by atoms with E-state index in [-0.39, 0.29) is 11.9 Å². The lowest BCUT2D eigenvalue weighted by Gasteiger charge is -2.14. The van der Waals surface area contributed by atoms with Gasteiger partial charge in [-0.25, -0.2) is 9.97 Å². The first-order valence-electron chi connectivity index (χ1n) is 6.06. The van der Waals surface area contributed by atoms with Gasteiger partial charge >= 0.3 is 0 Å². The van der Waals surface area contributed by atoms with Crippen LogP contribution in [0.25, 0.3) is 0 Å². The van der Waals surface area contributed by atoms with E-state index >= 15 is 0 Å². The van der Waals surface area contributed by atoms with E-state index in [9.17, 15) is 4.79 Å². The largest absolute Gasteiger partial charge is 0.359 e. The van der Waals surface area contributed by atoms with Crippen molar-refractivity contribution in [1.29, 1.82) is 0 Å². The molecule has 0 aliphatic rings. The summed E-state index contributed by atoms with van der Waals surface area (Å²) in [4.78, 5) is 20.1. The first kappa shape index (κ1) is 13.0. The summed E-state index contributed by atoms with van der Waals surface area (Å²) in [5.74, 6) is 0.533. The number of anilines is 2. The highest BCUT2D eigenvalue weighted by Gasteiger charge is 2.13. The van der Waals surface area contributed by atoms with E-state index in [4.69, 9.17) is 0 Å². The molecule has 1 atom stereocenters. The van der Waals surface area contributed by atoms with Crippen LogP contribution < -0.4 is 10.6 Å². The van der Waals surface area contributed by atoms with Gasteiger partial charge in [0.15, 0.2) is 0 Å². The molecule has 0 saturated carbocycles. The predicted octanol–water partition coefficient (Wildman–Crippen LogP) is 2.22. The lowest BCUT2D eigenvalue weighted by Crippen LogP contribution is -2.32. The molecule has 1 aromatic heterocycles. The Hall–Kier alpha value is -2.43. The monoisotopic (exact) mass is 256 g/mol. The number of nitrogens with one attached hydrogen (secondary N) is 2. The summed E-state index contributed by atoms with van der Waals surface area (Å²) in [5, 5.41) is 5.87. The Morgan fingerprint density at radius 2 is 1.95 bits per heavy atom. The molecule has 0 aliphatic heterocycles. The second-order valence-corrected chi connectivity index (χ2v) is 4.27. The third-order valence-corrected chi connectivity index (χ3v) is 2.60. The maximum absolute atomic E-state index is 12.0. The molecule has 0 saturated heterocycles. The van der Waals surface area contributed by atoms with Crippen LogP contribution in [-0.2, 0) is 4.79 Å². The normalized spacial score (nSPS) is 11.7.